The summed E-state index contributed by atoms with van der Waals surface area (Å²) in [7, 11) is 0. The molecule has 1 fully saturated rings. The molecule has 0 unspecified atom stereocenters. The van der Waals surface area contributed by atoms with Crippen molar-refractivity contribution >= 4 is 11.9 Å². The van der Waals surface area contributed by atoms with Gasteiger partial charge in [0.2, 0.25) is 5.91 Å². The lowest BCUT2D eigenvalue weighted by Gasteiger charge is -2.26. The molecule has 1 saturated carbocycles. The van der Waals surface area contributed by atoms with Gasteiger partial charge < -0.3 is 21.9 Å². The lowest BCUT2D eigenvalue weighted by atomic mass is 9.82. The van der Waals surface area contributed by atoms with Crippen molar-refractivity contribution in [3.8, 4) is 0 Å². The number of carboxylic acid groups (broad SMARTS) is 1. The van der Waals surface area contributed by atoms with Crippen molar-refractivity contribution in [2.45, 2.75) is 44.6 Å². The van der Waals surface area contributed by atoms with Gasteiger partial charge in [-0.15, -0.1) is 0 Å². The Bertz CT molecular complexity index is 302. The van der Waals surface area contributed by atoms with Gasteiger partial charge in [-0.3, -0.25) is 9.59 Å². The first-order valence-corrected chi connectivity index (χ1v) is 7.00. The van der Waals surface area contributed by atoms with Crippen molar-refractivity contribution in [3.05, 3.63) is 0 Å². The fourth-order valence-corrected chi connectivity index (χ4v) is 2.46. The summed E-state index contributed by atoms with van der Waals surface area (Å²) < 4.78 is 0. The van der Waals surface area contributed by atoms with E-state index in [1.807, 2.05) is 0 Å². The van der Waals surface area contributed by atoms with Crippen LogP contribution >= 0.6 is 0 Å². The van der Waals surface area contributed by atoms with Crippen LogP contribution in [0.2, 0.25) is 0 Å². The fraction of sp³-hybridized carbons (Fsp3) is 0.846. The van der Waals surface area contributed by atoms with Gasteiger partial charge in [-0.25, -0.2) is 0 Å². The normalized spacial score (nSPS) is 24.7. The van der Waals surface area contributed by atoms with Gasteiger partial charge in [0, 0.05) is 6.54 Å². The Balaban J connectivity index is 2.19. The molecular formula is C13H25N3O3. The maximum absolute atomic E-state index is 11.7. The molecule has 0 aliphatic heterocycles. The smallest absolute Gasteiger partial charge is 0.306 e. The van der Waals surface area contributed by atoms with E-state index >= 15 is 0 Å². The maximum Gasteiger partial charge on any atom is 0.306 e. The minimum atomic E-state index is -0.703. The van der Waals surface area contributed by atoms with E-state index in [0.717, 1.165) is 19.3 Å². The second-order valence-electron chi connectivity index (χ2n) is 5.34. The van der Waals surface area contributed by atoms with Crippen molar-refractivity contribution in [2.24, 2.45) is 23.3 Å². The number of amides is 1. The highest BCUT2D eigenvalue weighted by atomic mass is 16.4. The molecule has 1 atom stereocenters. The molecule has 0 aromatic rings. The van der Waals surface area contributed by atoms with E-state index in [-0.39, 0.29) is 11.8 Å². The van der Waals surface area contributed by atoms with Crippen LogP contribution in [0, 0.1) is 11.8 Å². The quantitative estimate of drug-likeness (QED) is 0.522. The topological polar surface area (TPSA) is 118 Å². The average Bonchev–Trinajstić information content (AvgIpc) is 2.42. The molecule has 1 amide bonds. The minimum absolute atomic E-state index is 0.131. The van der Waals surface area contributed by atoms with Gasteiger partial charge in [-0.1, -0.05) is 0 Å². The predicted molar refractivity (Wildman–Crippen MR) is 72.4 cm³/mol. The monoisotopic (exact) mass is 271 g/mol. The number of nitrogens with one attached hydrogen (secondary N) is 1. The lowest BCUT2D eigenvalue weighted by Crippen LogP contribution is -2.43. The standard InChI is InChI=1S/C13H25N3O3/c14-7-1-2-11(15)12(17)16-8-9-3-5-10(6-4-9)13(18)19/h9-11H,1-8,14-15H2,(H,16,17)(H,18,19)/t9?,10?,11-/m0/s1. The summed E-state index contributed by atoms with van der Waals surface area (Å²) in [6, 6.07) is -0.487. The number of aliphatic carboxylic acids is 1. The Morgan fingerprint density at radius 3 is 2.42 bits per heavy atom. The third kappa shape index (κ3) is 5.57. The molecule has 6 heteroatoms. The number of carboxylic acids is 1. The molecular weight excluding hydrogens is 246 g/mol. The van der Waals surface area contributed by atoms with E-state index in [2.05, 4.69) is 5.32 Å². The number of hydrogen-bond acceptors (Lipinski definition) is 4. The fourth-order valence-electron chi connectivity index (χ4n) is 2.46. The summed E-state index contributed by atoms with van der Waals surface area (Å²) in [6.07, 6.45) is 4.47. The van der Waals surface area contributed by atoms with E-state index in [9.17, 15) is 9.59 Å². The Labute approximate surface area is 113 Å². The number of carbonyl (C=O) groups excluding carboxylic acids is 1. The van der Waals surface area contributed by atoms with Crippen LogP contribution in [0.1, 0.15) is 38.5 Å². The first kappa shape index (κ1) is 15.9. The van der Waals surface area contributed by atoms with Gasteiger partial charge in [0.1, 0.15) is 0 Å². The Morgan fingerprint density at radius 1 is 1.26 bits per heavy atom. The van der Waals surface area contributed by atoms with Gasteiger partial charge in [-0.2, -0.15) is 0 Å². The molecule has 1 aliphatic carbocycles. The summed E-state index contributed by atoms with van der Waals surface area (Å²) >= 11 is 0. The third-order valence-electron chi connectivity index (χ3n) is 3.82. The molecule has 0 spiro atoms. The van der Waals surface area contributed by atoms with E-state index < -0.39 is 12.0 Å². The molecule has 0 radical (unpaired) electrons. The highest BCUT2D eigenvalue weighted by Crippen LogP contribution is 2.28. The van der Waals surface area contributed by atoms with Crippen molar-refractivity contribution < 1.29 is 14.7 Å². The van der Waals surface area contributed by atoms with Gasteiger partial charge in [0.15, 0.2) is 0 Å². The summed E-state index contributed by atoms with van der Waals surface area (Å²) in [4.78, 5) is 22.5. The van der Waals surface area contributed by atoms with Crippen LogP contribution in [0.5, 0.6) is 0 Å². The van der Waals surface area contributed by atoms with Crippen LogP contribution in [0.3, 0.4) is 0 Å². The Hall–Kier alpha value is -1.14. The molecule has 0 aromatic carbocycles. The number of rotatable bonds is 7. The molecule has 0 heterocycles. The van der Waals surface area contributed by atoms with Crippen molar-refractivity contribution in [1.82, 2.24) is 5.32 Å². The zero-order valence-corrected chi connectivity index (χ0v) is 11.3. The maximum atomic E-state index is 11.7. The van der Waals surface area contributed by atoms with Crippen LogP contribution in [-0.4, -0.2) is 36.1 Å². The number of nitrogens with two attached hydrogens (primary N) is 2. The summed E-state index contributed by atoms with van der Waals surface area (Å²) in [6.45, 7) is 1.14. The highest BCUT2D eigenvalue weighted by molar-refractivity contribution is 5.81. The highest BCUT2D eigenvalue weighted by Gasteiger charge is 2.26. The molecule has 1 aliphatic rings. The Morgan fingerprint density at radius 2 is 1.89 bits per heavy atom. The van der Waals surface area contributed by atoms with E-state index in [1.54, 1.807) is 0 Å². The van der Waals surface area contributed by atoms with Gasteiger partial charge in [0.05, 0.1) is 12.0 Å². The molecule has 0 saturated heterocycles. The second-order valence-corrected chi connectivity index (χ2v) is 5.34. The van der Waals surface area contributed by atoms with E-state index in [4.69, 9.17) is 16.6 Å². The summed E-state index contributed by atoms with van der Waals surface area (Å²) in [5.41, 5.74) is 11.1. The third-order valence-corrected chi connectivity index (χ3v) is 3.82. The number of hydrogen-bond donors (Lipinski definition) is 4. The molecule has 0 aromatic heterocycles. The molecule has 19 heavy (non-hydrogen) atoms. The summed E-state index contributed by atoms with van der Waals surface area (Å²) in [5.74, 6) is -0.667. The van der Waals surface area contributed by atoms with E-state index in [1.165, 1.54) is 0 Å². The van der Waals surface area contributed by atoms with Crippen LogP contribution in [0.15, 0.2) is 0 Å². The molecule has 110 valence electrons. The molecule has 1 rings (SSSR count). The van der Waals surface area contributed by atoms with Crippen LogP contribution in [0.25, 0.3) is 0 Å². The van der Waals surface area contributed by atoms with Crippen molar-refractivity contribution in [2.75, 3.05) is 13.1 Å². The minimum Gasteiger partial charge on any atom is -0.481 e. The zero-order valence-electron chi connectivity index (χ0n) is 11.3. The summed E-state index contributed by atoms with van der Waals surface area (Å²) in [5, 5.41) is 11.8. The van der Waals surface area contributed by atoms with Gasteiger partial charge in [-0.05, 0) is 51.0 Å². The largest absolute Gasteiger partial charge is 0.481 e. The SMILES string of the molecule is NCCC[C@H](N)C(=O)NCC1CCC(C(=O)O)CC1. The molecule has 6 N–H and O–H groups in total. The average molecular weight is 271 g/mol. The molecule has 0 bridgehead atoms. The van der Waals surface area contributed by atoms with Gasteiger partial charge >= 0.3 is 5.97 Å². The van der Waals surface area contributed by atoms with Crippen LogP contribution in [0.4, 0.5) is 0 Å². The van der Waals surface area contributed by atoms with E-state index in [0.29, 0.717) is 38.3 Å². The van der Waals surface area contributed by atoms with Gasteiger partial charge in [0.25, 0.3) is 0 Å². The number of carbonyl (C=O) groups is 2. The van der Waals surface area contributed by atoms with Crippen molar-refractivity contribution in [1.29, 1.82) is 0 Å². The second kappa shape index (κ2) is 8.12. The predicted octanol–water partition coefficient (Wildman–Crippen LogP) is 0.0598. The zero-order chi connectivity index (χ0) is 14.3. The van der Waals surface area contributed by atoms with Crippen LogP contribution in [-0.2, 0) is 9.59 Å². The van der Waals surface area contributed by atoms with Crippen molar-refractivity contribution in [3.63, 3.8) is 0 Å². The molecule has 6 nitrogen and oxygen atoms in total. The first-order chi connectivity index (χ1) is 9.04. The Kier molecular flexibility index (Phi) is 6.80. The lowest BCUT2D eigenvalue weighted by molar-refractivity contribution is -0.143. The van der Waals surface area contributed by atoms with Crippen LogP contribution < -0.4 is 16.8 Å². The first-order valence-electron chi connectivity index (χ1n) is 7.00.